The van der Waals surface area contributed by atoms with Crippen LogP contribution in [0.25, 0.3) is 0 Å². The third kappa shape index (κ3) is 5.68. The maximum absolute atomic E-state index is 12.7. The standard InChI is InChI=1S/C22H30N6O3/c1-15(28-14-23-13-24-28)19(29)25-17-7-9-18(10-8-17)26-20(30)16-6-5-11-27(12-16)21(31)22(2,3)4/h7-10,13-16H,5-6,11-12H2,1-4H3,(H,25,29)(H,26,30). The van der Waals surface area contributed by atoms with Crippen molar-refractivity contribution in [3.8, 4) is 0 Å². The number of anilines is 2. The monoisotopic (exact) mass is 426 g/mol. The van der Waals surface area contributed by atoms with Crippen LogP contribution < -0.4 is 10.6 Å². The van der Waals surface area contributed by atoms with Crippen molar-refractivity contribution in [2.45, 2.75) is 46.6 Å². The van der Waals surface area contributed by atoms with Crippen LogP contribution in [0.1, 0.15) is 46.6 Å². The van der Waals surface area contributed by atoms with E-state index in [1.54, 1.807) is 36.1 Å². The Morgan fingerprint density at radius 3 is 2.32 bits per heavy atom. The van der Waals surface area contributed by atoms with Crippen LogP contribution in [0, 0.1) is 11.3 Å². The van der Waals surface area contributed by atoms with Gasteiger partial charge in [0.1, 0.15) is 18.7 Å². The molecule has 1 aliphatic rings. The number of piperidine rings is 1. The molecular weight excluding hydrogens is 396 g/mol. The summed E-state index contributed by atoms with van der Waals surface area (Å²) in [5.41, 5.74) is 0.811. The van der Waals surface area contributed by atoms with E-state index in [2.05, 4.69) is 20.7 Å². The van der Waals surface area contributed by atoms with E-state index in [9.17, 15) is 14.4 Å². The number of amides is 3. The number of benzene rings is 1. The lowest BCUT2D eigenvalue weighted by Gasteiger charge is -2.35. The third-order valence-corrected chi connectivity index (χ3v) is 5.35. The Morgan fingerprint density at radius 1 is 1.10 bits per heavy atom. The minimum Gasteiger partial charge on any atom is -0.341 e. The molecule has 2 N–H and O–H groups in total. The first-order chi connectivity index (χ1) is 14.6. The van der Waals surface area contributed by atoms with Crippen LogP contribution in [0.15, 0.2) is 36.9 Å². The van der Waals surface area contributed by atoms with Crippen LogP contribution in [-0.2, 0) is 14.4 Å². The summed E-state index contributed by atoms with van der Waals surface area (Å²) in [7, 11) is 0. The Hall–Kier alpha value is -3.23. The van der Waals surface area contributed by atoms with Gasteiger partial charge in [0.05, 0.1) is 5.92 Å². The minimum absolute atomic E-state index is 0.0743. The van der Waals surface area contributed by atoms with Crippen molar-refractivity contribution in [3.63, 3.8) is 0 Å². The Bertz CT molecular complexity index is 918. The zero-order valence-corrected chi connectivity index (χ0v) is 18.5. The van der Waals surface area contributed by atoms with Crippen LogP contribution in [-0.4, -0.2) is 50.5 Å². The van der Waals surface area contributed by atoms with E-state index in [0.717, 1.165) is 12.8 Å². The summed E-state index contributed by atoms with van der Waals surface area (Å²) < 4.78 is 1.47. The smallest absolute Gasteiger partial charge is 0.249 e. The molecule has 9 nitrogen and oxygen atoms in total. The number of aromatic nitrogens is 3. The normalized spacial score (nSPS) is 17.7. The van der Waals surface area contributed by atoms with Crippen molar-refractivity contribution >= 4 is 29.1 Å². The molecule has 31 heavy (non-hydrogen) atoms. The number of carbonyl (C=O) groups is 3. The van der Waals surface area contributed by atoms with E-state index >= 15 is 0 Å². The summed E-state index contributed by atoms with van der Waals surface area (Å²) in [5.74, 6) is -0.468. The Balaban J connectivity index is 1.55. The van der Waals surface area contributed by atoms with Gasteiger partial charge in [-0.05, 0) is 44.0 Å². The maximum atomic E-state index is 12.7. The van der Waals surface area contributed by atoms with E-state index in [1.165, 1.54) is 17.3 Å². The van der Waals surface area contributed by atoms with Gasteiger partial charge in [0, 0.05) is 29.9 Å². The number of rotatable bonds is 5. The molecule has 0 saturated carbocycles. The molecule has 166 valence electrons. The van der Waals surface area contributed by atoms with Gasteiger partial charge >= 0.3 is 0 Å². The second-order valence-electron chi connectivity index (χ2n) is 8.95. The molecule has 1 aromatic carbocycles. The molecule has 1 aliphatic heterocycles. The highest BCUT2D eigenvalue weighted by Gasteiger charge is 2.33. The Kier molecular flexibility index (Phi) is 6.72. The van der Waals surface area contributed by atoms with Crippen molar-refractivity contribution in [1.29, 1.82) is 0 Å². The second kappa shape index (κ2) is 9.28. The molecule has 9 heteroatoms. The summed E-state index contributed by atoms with van der Waals surface area (Å²) in [6.45, 7) is 8.55. The maximum Gasteiger partial charge on any atom is 0.249 e. The predicted octanol–water partition coefficient (Wildman–Crippen LogP) is 2.70. The molecule has 0 radical (unpaired) electrons. The molecule has 0 spiro atoms. The molecule has 1 fully saturated rings. The molecule has 0 aliphatic carbocycles. The van der Waals surface area contributed by atoms with Crippen molar-refractivity contribution in [2.75, 3.05) is 23.7 Å². The minimum atomic E-state index is -0.494. The van der Waals surface area contributed by atoms with E-state index in [-0.39, 0.29) is 23.6 Å². The largest absolute Gasteiger partial charge is 0.341 e. The van der Waals surface area contributed by atoms with Crippen LogP contribution in [0.4, 0.5) is 11.4 Å². The van der Waals surface area contributed by atoms with Gasteiger partial charge < -0.3 is 15.5 Å². The van der Waals surface area contributed by atoms with Gasteiger partial charge in [0.25, 0.3) is 0 Å². The molecule has 0 bridgehead atoms. The van der Waals surface area contributed by atoms with Gasteiger partial charge in [0.2, 0.25) is 17.7 Å². The molecular formula is C22H30N6O3. The first-order valence-corrected chi connectivity index (χ1v) is 10.5. The number of nitrogens with zero attached hydrogens (tertiary/aromatic N) is 4. The topological polar surface area (TPSA) is 109 Å². The number of likely N-dealkylation sites (tertiary alicyclic amines) is 1. The fraction of sp³-hybridized carbons (Fsp3) is 0.500. The van der Waals surface area contributed by atoms with Crippen molar-refractivity contribution in [2.24, 2.45) is 11.3 Å². The first-order valence-electron chi connectivity index (χ1n) is 10.5. The quantitative estimate of drug-likeness (QED) is 0.764. The SMILES string of the molecule is CC(C(=O)Nc1ccc(NC(=O)C2CCCN(C(=O)C(C)(C)C)C2)cc1)n1cncn1. The predicted molar refractivity (Wildman–Crippen MR) is 117 cm³/mol. The summed E-state index contributed by atoms with van der Waals surface area (Å²) in [6, 6.07) is 6.46. The van der Waals surface area contributed by atoms with E-state index in [0.29, 0.717) is 24.5 Å². The van der Waals surface area contributed by atoms with Gasteiger partial charge in [-0.25, -0.2) is 9.67 Å². The lowest BCUT2D eigenvalue weighted by molar-refractivity contribution is -0.142. The lowest BCUT2D eigenvalue weighted by Crippen LogP contribution is -2.47. The van der Waals surface area contributed by atoms with Gasteiger partial charge in [-0.3, -0.25) is 14.4 Å². The summed E-state index contributed by atoms with van der Waals surface area (Å²) in [6.07, 6.45) is 4.44. The molecule has 2 heterocycles. The fourth-order valence-electron chi connectivity index (χ4n) is 3.52. The summed E-state index contributed by atoms with van der Waals surface area (Å²) in [5, 5.41) is 9.72. The molecule has 1 saturated heterocycles. The lowest BCUT2D eigenvalue weighted by atomic mass is 9.91. The van der Waals surface area contributed by atoms with Crippen LogP contribution in [0.2, 0.25) is 0 Å². The molecule has 2 unspecified atom stereocenters. The van der Waals surface area contributed by atoms with Crippen LogP contribution in [0.3, 0.4) is 0 Å². The second-order valence-corrected chi connectivity index (χ2v) is 8.95. The molecule has 2 atom stereocenters. The average molecular weight is 427 g/mol. The van der Waals surface area contributed by atoms with E-state index in [1.807, 2.05) is 20.8 Å². The fourth-order valence-corrected chi connectivity index (χ4v) is 3.52. The van der Waals surface area contributed by atoms with E-state index < -0.39 is 11.5 Å². The zero-order valence-electron chi connectivity index (χ0n) is 18.5. The van der Waals surface area contributed by atoms with Gasteiger partial charge in [-0.1, -0.05) is 20.8 Å². The third-order valence-electron chi connectivity index (χ3n) is 5.35. The van der Waals surface area contributed by atoms with Gasteiger partial charge in [0.15, 0.2) is 0 Å². The Morgan fingerprint density at radius 2 is 1.74 bits per heavy atom. The highest BCUT2D eigenvalue weighted by Crippen LogP contribution is 2.25. The molecule has 2 aromatic rings. The first kappa shape index (κ1) is 22.5. The van der Waals surface area contributed by atoms with Crippen molar-refractivity contribution < 1.29 is 14.4 Å². The number of hydrogen-bond acceptors (Lipinski definition) is 5. The number of carbonyl (C=O) groups excluding carboxylic acids is 3. The number of hydrogen-bond donors (Lipinski definition) is 2. The molecule has 3 amide bonds. The van der Waals surface area contributed by atoms with Gasteiger partial charge in [-0.15, -0.1) is 0 Å². The van der Waals surface area contributed by atoms with Crippen LogP contribution >= 0.6 is 0 Å². The summed E-state index contributed by atoms with van der Waals surface area (Å²) >= 11 is 0. The van der Waals surface area contributed by atoms with E-state index in [4.69, 9.17) is 0 Å². The molecule has 1 aromatic heterocycles. The highest BCUT2D eigenvalue weighted by molar-refractivity contribution is 5.95. The zero-order chi connectivity index (χ0) is 22.6. The molecule has 3 rings (SSSR count). The number of nitrogens with one attached hydrogen (secondary N) is 2. The van der Waals surface area contributed by atoms with Gasteiger partial charge in [-0.2, -0.15) is 5.10 Å². The highest BCUT2D eigenvalue weighted by atomic mass is 16.2. The Labute approximate surface area is 182 Å². The van der Waals surface area contributed by atoms with Crippen LogP contribution in [0.5, 0.6) is 0 Å². The van der Waals surface area contributed by atoms with Crippen molar-refractivity contribution in [3.05, 3.63) is 36.9 Å². The summed E-state index contributed by atoms with van der Waals surface area (Å²) in [4.78, 5) is 43.3. The van der Waals surface area contributed by atoms with Crippen molar-refractivity contribution in [1.82, 2.24) is 19.7 Å². The average Bonchev–Trinajstić information content (AvgIpc) is 3.28.